The summed E-state index contributed by atoms with van der Waals surface area (Å²) in [4.78, 5) is 0. The molecule has 0 saturated heterocycles. The molecule has 4 heteroatoms. The van der Waals surface area contributed by atoms with Crippen LogP contribution in [0.2, 0.25) is 0 Å². The minimum Gasteiger partial charge on any atom is -0.465 e. The lowest BCUT2D eigenvalue weighted by molar-refractivity contribution is 0.187. The summed E-state index contributed by atoms with van der Waals surface area (Å²) >= 11 is 0. The van der Waals surface area contributed by atoms with Crippen LogP contribution in [0.4, 0.5) is 0 Å². The summed E-state index contributed by atoms with van der Waals surface area (Å²) in [5, 5.41) is 3.25. The maximum absolute atomic E-state index is 5.86. The van der Waals surface area contributed by atoms with Crippen molar-refractivity contribution in [2.24, 2.45) is 5.73 Å². The molecule has 1 atom stereocenters. The molecule has 0 radical (unpaired) electrons. The van der Waals surface area contributed by atoms with Gasteiger partial charge in [0.2, 0.25) is 0 Å². The monoisotopic (exact) mass is 212 g/mol. The van der Waals surface area contributed by atoms with Gasteiger partial charge in [-0.15, -0.1) is 0 Å². The molecule has 0 aliphatic heterocycles. The van der Waals surface area contributed by atoms with Gasteiger partial charge in [-0.05, 0) is 25.5 Å². The average Bonchev–Trinajstić information content (AvgIpc) is 2.61. The van der Waals surface area contributed by atoms with E-state index in [2.05, 4.69) is 5.32 Å². The smallest absolute Gasteiger partial charge is 0.117 e. The van der Waals surface area contributed by atoms with Gasteiger partial charge in [0.25, 0.3) is 0 Å². The van der Waals surface area contributed by atoms with Gasteiger partial charge < -0.3 is 20.2 Å². The first-order valence-corrected chi connectivity index (χ1v) is 5.23. The van der Waals surface area contributed by atoms with Crippen LogP contribution in [0.1, 0.15) is 17.9 Å². The molecule has 86 valence electrons. The van der Waals surface area contributed by atoms with E-state index in [0.29, 0.717) is 6.61 Å². The molecule has 3 N–H and O–H groups in total. The van der Waals surface area contributed by atoms with E-state index < -0.39 is 0 Å². The van der Waals surface area contributed by atoms with Crippen molar-refractivity contribution >= 4 is 0 Å². The normalized spacial score (nSPS) is 13.0. The van der Waals surface area contributed by atoms with Crippen molar-refractivity contribution in [2.45, 2.75) is 25.9 Å². The third-order valence-corrected chi connectivity index (χ3v) is 2.19. The predicted octanol–water partition coefficient (Wildman–Crippen LogP) is 1.04. The third-order valence-electron chi connectivity index (χ3n) is 2.19. The van der Waals surface area contributed by atoms with Gasteiger partial charge in [0.15, 0.2) is 0 Å². The second-order valence-corrected chi connectivity index (χ2v) is 3.68. The number of aryl methyl sites for hydroxylation is 1. The van der Waals surface area contributed by atoms with E-state index in [1.54, 1.807) is 7.11 Å². The predicted molar refractivity (Wildman–Crippen MR) is 59.6 cm³/mol. The van der Waals surface area contributed by atoms with Gasteiger partial charge >= 0.3 is 0 Å². The first-order chi connectivity index (χ1) is 7.22. The van der Waals surface area contributed by atoms with Crippen LogP contribution < -0.4 is 11.1 Å². The summed E-state index contributed by atoms with van der Waals surface area (Å²) in [6.07, 6.45) is 0.876. The molecule has 1 aromatic heterocycles. The van der Waals surface area contributed by atoms with Crippen LogP contribution in [0.25, 0.3) is 0 Å². The minimum atomic E-state index is 0.140. The lowest BCUT2D eigenvalue weighted by Crippen LogP contribution is -2.34. The maximum Gasteiger partial charge on any atom is 0.117 e. The summed E-state index contributed by atoms with van der Waals surface area (Å²) in [6, 6.07) is 4.08. The second-order valence-electron chi connectivity index (χ2n) is 3.68. The number of furan rings is 1. The number of hydrogen-bond donors (Lipinski definition) is 2. The van der Waals surface area contributed by atoms with E-state index in [9.17, 15) is 0 Å². The highest BCUT2D eigenvalue weighted by molar-refractivity contribution is 5.05. The van der Waals surface area contributed by atoms with Crippen molar-refractivity contribution < 1.29 is 9.15 Å². The molecule has 4 nitrogen and oxygen atoms in total. The first-order valence-electron chi connectivity index (χ1n) is 5.23. The Kier molecular flexibility index (Phi) is 5.39. The summed E-state index contributed by atoms with van der Waals surface area (Å²) in [5.74, 6) is 1.89. The van der Waals surface area contributed by atoms with Gasteiger partial charge in [-0.25, -0.2) is 0 Å². The largest absolute Gasteiger partial charge is 0.465 e. The fourth-order valence-corrected chi connectivity index (χ4v) is 1.33. The Morgan fingerprint density at radius 2 is 2.33 bits per heavy atom. The van der Waals surface area contributed by atoms with Crippen LogP contribution in [-0.4, -0.2) is 26.3 Å². The van der Waals surface area contributed by atoms with Crippen LogP contribution in [0.5, 0.6) is 0 Å². The van der Waals surface area contributed by atoms with Crippen molar-refractivity contribution in [1.29, 1.82) is 0 Å². The van der Waals surface area contributed by atoms with Gasteiger partial charge in [0.1, 0.15) is 11.5 Å². The zero-order valence-corrected chi connectivity index (χ0v) is 9.45. The molecular weight excluding hydrogens is 192 g/mol. The molecule has 0 aromatic carbocycles. The Bertz CT molecular complexity index is 273. The molecule has 1 aromatic rings. The van der Waals surface area contributed by atoms with Crippen LogP contribution >= 0.6 is 0 Å². The molecule has 0 amide bonds. The number of rotatable bonds is 7. The van der Waals surface area contributed by atoms with Crippen molar-refractivity contribution in [3.63, 3.8) is 0 Å². The topological polar surface area (TPSA) is 60.4 Å². The number of ether oxygens (including phenoxy) is 1. The summed E-state index contributed by atoms with van der Waals surface area (Å²) in [5.41, 5.74) is 5.86. The Hall–Kier alpha value is -0.840. The van der Waals surface area contributed by atoms with Crippen LogP contribution in [0, 0.1) is 6.92 Å². The maximum atomic E-state index is 5.86. The van der Waals surface area contributed by atoms with Crippen molar-refractivity contribution in [3.8, 4) is 0 Å². The fourth-order valence-electron chi connectivity index (χ4n) is 1.33. The molecule has 1 heterocycles. The SMILES string of the molecule is COCCC(N)CNCc1ccc(C)o1. The van der Waals surface area contributed by atoms with E-state index in [1.807, 2.05) is 19.1 Å². The van der Waals surface area contributed by atoms with E-state index in [4.69, 9.17) is 14.9 Å². The summed E-state index contributed by atoms with van der Waals surface area (Å²) in [6.45, 7) is 4.16. The number of nitrogens with one attached hydrogen (secondary N) is 1. The Morgan fingerprint density at radius 1 is 1.53 bits per heavy atom. The molecule has 0 aliphatic carbocycles. The molecular formula is C11H20N2O2. The van der Waals surface area contributed by atoms with Crippen LogP contribution in [-0.2, 0) is 11.3 Å². The zero-order valence-electron chi connectivity index (χ0n) is 9.45. The Labute approximate surface area is 90.8 Å². The van der Waals surface area contributed by atoms with Gasteiger partial charge in [-0.2, -0.15) is 0 Å². The molecule has 0 aliphatic rings. The highest BCUT2D eigenvalue weighted by Gasteiger charge is 2.02. The number of methoxy groups -OCH3 is 1. The van der Waals surface area contributed by atoms with Gasteiger partial charge in [-0.1, -0.05) is 0 Å². The Balaban J connectivity index is 2.10. The molecule has 0 saturated carbocycles. The van der Waals surface area contributed by atoms with Gasteiger partial charge in [-0.3, -0.25) is 0 Å². The lowest BCUT2D eigenvalue weighted by atomic mass is 10.2. The Morgan fingerprint density at radius 3 is 2.93 bits per heavy atom. The second kappa shape index (κ2) is 6.61. The molecule has 0 spiro atoms. The summed E-state index contributed by atoms with van der Waals surface area (Å²) in [7, 11) is 1.69. The molecule has 1 unspecified atom stereocenters. The highest BCUT2D eigenvalue weighted by atomic mass is 16.5. The molecule has 1 rings (SSSR count). The van der Waals surface area contributed by atoms with E-state index in [1.165, 1.54) is 0 Å². The van der Waals surface area contributed by atoms with Crippen molar-refractivity contribution in [1.82, 2.24) is 5.32 Å². The first kappa shape index (κ1) is 12.2. The van der Waals surface area contributed by atoms with Crippen LogP contribution in [0.15, 0.2) is 16.5 Å². The number of hydrogen-bond acceptors (Lipinski definition) is 4. The zero-order chi connectivity index (χ0) is 11.1. The minimum absolute atomic E-state index is 0.140. The highest BCUT2D eigenvalue weighted by Crippen LogP contribution is 2.05. The van der Waals surface area contributed by atoms with Crippen molar-refractivity contribution in [3.05, 3.63) is 23.7 Å². The van der Waals surface area contributed by atoms with Crippen molar-refractivity contribution in [2.75, 3.05) is 20.3 Å². The average molecular weight is 212 g/mol. The quantitative estimate of drug-likeness (QED) is 0.709. The van der Waals surface area contributed by atoms with E-state index in [-0.39, 0.29) is 6.04 Å². The standard InChI is InChI=1S/C11H20N2O2/c1-9-3-4-11(15-9)8-13-7-10(12)5-6-14-2/h3-4,10,13H,5-8,12H2,1-2H3. The van der Waals surface area contributed by atoms with Gasteiger partial charge in [0.05, 0.1) is 6.54 Å². The third kappa shape index (κ3) is 4.97. The number of nitrogens with two attached hydrogens (primary N) is 1. The van der Waals surface area contributed by atoms with E-state index in [0.717, 1.165) is 31.0 Å². The lowest BCUT2D eigenvalue weighted by Gasteiger charge is -2.11. The molecule has 0 fully saturated rings. The molecule has 0 bridgehead atoms. The van der Waals surface area contributed by atoms with E-state index >= 15 is 0 Å². The van der Waals surface area contributed by atoms with Crippen LogP contribution in [0.3, 0.4) is 0 Å². The van der Waals surface area contributed by atoms with Gasteiger partial charge in [0, 0.05) is 26.3 Å². The summed E-state index contributed by atoms with van der Waals surface area (Å²) < 4.78 is 10.4. The fraction of sp³-hybridized carbons (Fsp3) is 0.636. The molecule has 15 heavy (non-hydrogen) atoms.